The minimum absolute atomic E-state index is 0.0630. The number of nitrogens with zero attached hydrogens (tertiary/aromatic N) is 3. The van der Waals surface area contributed by atoms with E-state index in [-0.39, 0.29) is 5.69 Å². The summed E-state index contributed by atoms with van der Waals surface area (Å²) in [7, 11) is 0. The predicted octanol–water partition coefficient (Wildman–Crippen LogP) is 2.29. The molecule has 0 spiro atoms. The number of aryl methyl sites for hydroxylation is 2. The van der Waals surface area contributed by atoms with Crippen molar-refractivity contribution in [1.29, 1.82) is 0 Å². The lowest BCUT2D eigenvalue weighted by Gasteiger charge is -2.33. The van der Waals surface area contributed by atoms with Crippen LogP contribution in [-0.4, -0.2) is 27.6 Å². The maximum Gasteiger partial charge on any atom is 0.327 e. The Morgan fingerprint density at radius 2 is 2.30 bits per heavy atom. The van der Waals surface area contributed by atoms with E-state index in [9.17, 15) is 4.79 Å². The first-order chi connectivity index (χ1) is 9.60. The second-order valence-electron chi connectivity index (χ2n) is 5.85. The van der Waals surface area contributed by atoms with Crippen LogP contribution in [0.1, 0.15) is 32.4 Å². The van der Waals surface area contributed by atoms with Crippen molar-refractivity contribution >= 4 is 16.9 Å². The Balaban J connectivity index is 2.17. The zero-order chi connectivity index (χ0) is 14.3. The number of hydrogen-bond acceptors (Lipinski definition) is 3. The average molecular weight is 274 g/mol. The van der Waals surface area contributed by atoms with Crippen LogP contribution in [0.15, 0.2) is 10.9 Å². The van der Waals surface area contributed by atoms with Gasteiger partial charge < -0.3 is 9.88 Å². The van der Waals surface area contributed by atoms with Gasteiger partial charge in [-0.15, -0.1) is 0 Å². The maximum absolute atomic E-state index is 12.0. The molecule has 1 aliphatic rings. The molecule has 108 valence electrons. The SMILES string of the molecule is CCn1c(=O)[nH]c2c(N3CCCC(C)C3)cc(C)nc21. The molecular weight excluding hydrogens is 252 g/mol. The number of aromatic amines is 1. The third kappa shape index (κ3) is 2.11. The summed E-state index contributed by atoms with van der Waals surface area (Å²) in [4.78, 5) is 22.0. The highest BCUT2D eigenvalue weighted by Gasteiger charge is 2.21. The lowest BCUT2D eigenvalue weighted by atomic mass is 9.99. The topological polar surface area (TPSA) is 53.9 Å². The van der Waals surface area contributed by atoms with Gasteiger partial charge in [-0.2, -0.15) is 0 Å². The summed E-state index contributed by atoms with van der Waals surface area (Å²) in [5.74, 6) is 0.701. The van der Waals surface area contributed by atoms with Gasteiger partial charge in [-0.1, -0.05) is 6.92 Å². The van der Waals surface area contributed by atoms with Crippen LogP contribution in [0.3, 0.4) is 0 Å². The van der Waals surface area contributed by atoms with E-state index in [1.54, 1.807) is 4.57 Å². The smallest absolute Gasteiger partial charge is 0.327 e. The van der Waals surface area contributed by atoms with Gasteiger partial charge in [0.2, 0.25) is 0 Å². The normalized spacial score (nSPS) is 19.8. The van der Waals surface area contributed by atoms with E-state index in [4.69, 9.17) is 0 Å². The fraction of sp³-hybridized carbons (Fsp3) is 0.600. The van der Waals surface area contributed by atoms with Gasteiger partial charge in [0.15, 0.2) is 5.65 Å². The molecule has 0 radical (unpaired) electrons. The molecule has 2 aromatic rings. The zero-order valence-corrected chi connectivity index (χ0v) is 12.4. The predicted molar refractivity (Wildman–Crippen MR) is 81.4 cm³/mol. The van der Waals surface area contributed by atoms with E-state index in [0.717, 1.165) is 35.6 Å². The number of pyridine rings is 1. The third-order valence-corrected chi connectivity index (χ3v) is 4.15. The van der Waals surface area contributed by atoms with Crippen molar-refractivity contribution in [3.05, 3.63) is 22.2 Å². The van der Waals surface area contributed by atoms with Gasteiger partial charge in [0.05, 0.1) is 5.69 Å². The van der Waals surface area contributed by atoms with Crippen LogP contribution in [0.2, 0.25) is 0 Å². The largest absolute Gasteiger partial charge is 0.369 e. The number of imidazole rings is 1. The number of anilines is 1. The first-order valence-electron chi connectivity index (χ1n) is 7.45. The number of aromatic nitrogens is 3. The van der Waals surface area contributed by atoms with Crippen molar-refractivity contribution in [2.45, 2.75) is 40.2 Å². The summed E-state index contributed by atoms with van der Waals surface area (Å²) in [6.45, 7) is 9.01. The monoisotopic (exact) mass is 274 g/mol. The Morgan fingerprint density at radius 1 is 1.50 bits per heavy atom. The molecule has 1 atom stereocenters. The Labute approximate surface area is 118 Å². The van der Waals surface area contributed by atoms with Gasteiger partial charge >= 0.3 is 5.69 Å². The zero-order valence-electron chi connectivity index (χ0n) is 12.4. The lowest BCUT2D eigenvalue weighted by molar-refractivity contribution is 0.447. The first-order valence-corrected chi connectivity index (χ1v) is 7.45. The summed E-state index contributed by atoms with van der Waals surface area (Å²) in [5.41, 5.74) is 3.70. The molecule has 5 heteroatoms. The highest BCUT2D eigenvalue weighted by atomic mass is 16.1. The number of piperidine rings is 1. The molecule has 3 heterocycles. The number of rotatable bonds is 2. The van der Waals surface area contributed by atoms with Crippen LogP contribution in [-0.2, 0) is 6.54 Å². The van der Waals surface area contributed by atoms with E-state index in [1.165, 1.54) is 12.8 Å². The molecular formula is C15H22N4O. The molecule has 0 aromatic carbocycles. The van der Waals surface area contributed by atoms with E-state index in [0.29, 0.717) is 12.5 Å². The summed E-state index contributed by atoms with van der Waals surface area (Å²) in [6, 6.07) is 2.09. The minimum Gasteiger partial charge on any atom is -0.369 e. The highest BCUT2D eigenvalue weighted by molar-refractivity contribution is 5.86. The molecule has 1 unspecified atom stereocenters. The van der Waals surface area contributed by atoms with Crippen LogP contribution in [0.4, 0.5) is 5.69 Å². The summed E-state index contributed by atoms with van der Waals surface area (Å²) < 4.78 is 1.71. The molecule has 1 saturated heterocycles. The fourth-order valence-electron chi connectivity index (χ4n) is 3.18. The van der Waals surface area contributed by atoms with E-state index in [2.05, 4.69) is 27.9 Å². The molecule has 1 aliphatic heterocycles. The molecule has 1 N–H and O–H groups in total. The molecule has 0 saturated carbocycles. The van der Waals surface area contributed by atoms with Crippen molar-refractivity contribution in [2.24, 2.45) is 5.92 Å². The number of nitrogens with one attached hydrogen (secondary N) is 1. The lowest BCUT2D eigenvalue weighted by Crippen LogP contribution is -2.34. The quantitative estimate of drug-likeness (QED) is 0.914. The van der Waals surface area contributed by atoms with Gasteiger partial charge in [-0.05, 0) is 38.7 Å². The van der Waals surface area contributed by atoms with Gasteiger partial charge in [0, 0.05) is 25.3 Å². The van der Waals surface area contributed by atoms with Crippen molar-refractivity contribution < 1.29 is 0 Å². The third-order valence-electron chi connectivity index (χ3n) is 4.15. The van der Waals surface area contributed by atoms with Crippen LogP contribution in [0.5, 0.6) is 0 Å². The number of hydrogen-bond donors (Lipinski definition) is 1. The van der Waals surface area contributed by atoms with Crippen LogP contribution >= 0.6 is 0 Å². The van der Waals surface area contributed by atoms with Gasteiger partial charge in [-0.3, -0.25) is 4.57 Å². The Morgan fingerprint density at radius 3 is 3.00 bits per heavy atom. The maximum atomic E-state index is 12.0. The van der Waals surface area contributed by atoms with Crippen molar-refractivity contribution in [3.63, 3.8) is 0 Å². The highest BCUT2D eigenvalue weighted by Crippen LogP contribution is 2.28. The first kappa shape index (κ1) is 13.2. The fourth-order valence-corrected chi connectivity index (χ4v) is 3.18. The van der Waals surface area contributed by atoms with Crippen LogP contribution in [0.25, 0.3) is 11.2 Å². The molecule has 0 amide bonds. The molecule has 0 bridgehead atoms. The molecule has 5 nitrogen and oxygen atoms in total. The second kappa shape index (κ2) is 4.96. The molecule has 3 rings (SSSR count). The number of fused-ring (bicyclic) bond motifs is 1. The summed E-state index contributed by atoms with van der Waals surface area (Å²) in [5, 5.41) is 0. The van der Waals surface area contributed by atoms with Gasteiger partial charge in [0.1, 0.15) is 5.52 Å². The van der Waals surface area contributed by atoms with Crippen molar-refractivity contribution in [2.75, 3.05) is 18.0 Å². The molecule has 1 fully saturated rings. The Hall–Kier alpha value is -1.78. The van der Waals surface area contributed by atoms with Gasteiger partial charge in [0.25, 0.3) is 0 Å². The second-order valence-corrected chi connectivity index (χ2v) is 5.85. The Kier molecular flexibility index (Phi) is 3.28. The Bertz CT molecular complexity index is 685. The van der Waals surface area contributed by atoms with Crippen LogP contribution < -0.4 is 10.6 Å². The standard InChI is InChI=1S/C15H22N4O/c1-4-19-14-13(17-15(19)20)12(8-11(3)16-14)18-7-5-6-10(2)9-18/h8,10H,4-7,9H2,1-3H3,(H,17,20). The molecule has 20 heavy (non-hydrogen) atoms. The molecule has 0 aliphatic carbocycles. The minimum atomic E-state index is -0.0630. The van der Waals surface area contributed by atoms with Crippen molar-refractivity contribution in [3.8, 4) is 0 Å². The van der Waals surface area contributed by atoms with E-state index < -0.39 is 0 Å². The van der Waals surface area contributed by atoms with Crippen molar-refractivity contribution in [1.82, 2.24) is 14.5 Å². The van der Waals surface area contributed by atoms with E-state index in [1.807, 2.05) is 13.8 Å². The van der Waals surface area contributed by atoms with Gasteiger partial charge in [-0.25, -0.2) is 9.78 Å². The van der Waals surface area contributed by atoms with E-state index >= 15 is 0 Å². The number of H-pyrrole nitrogens is 1. The van der Waals surface area contributed by atoms with Crippen LogP contribution in [0, 0.1) is 12.8 Å². The summed E-state index contributed by atoms with van der Waals surface area (Å²) in [6.07, 6.45) is 2.50. The average Bonchev–Trinajstić information content (AvgIpc) is 2.73. The molecule has 2 aromatic heterocycles. The summed E-state index contributed by atoms with van der Waals surface area (Å²) >= 11 is 0.